The average molecular weight is 252 g/mol. The molecular formula is C15H16N4. The number of hydrogen-bond donors (Lipinski definition) is 1. The fraction of sp³-hybridized carbons (Fsp3) is 0.200. The van der Waals surface area contributed by atoms with Gasteiger partial charge in [-0.1, -0.05) is 30.3 Å². The van der Waals surface area contributed by atoms with Gasteiger partial charge in [-0.15, -0.1) is 0 Å². The fourth-order valence-electron chi connectivity index (χ4n) is 2.32. The van der Waals surface area contributed by atoms with Gasteiger partial charge in [0.2, 0.25) is 5.95 Å². The summed E-state index contributed by atoms with van der Waals surface area (Å²) in [7, 11) is 0. The predicted molar refractivity (Wildman–Crippen MR) is 76.7 cm³/mol. The van der Waals surface area contributed by atoms with Crippen LogP contribution in [0.3, 0.4) is 0 Å². The first-order valence-corrected chi connectivity index (χ1v) is 6.44. The number of nitrogen functional groups attached to an aromatic ring is 1. The minimum Gasteiger partial charge on any atom is -0.369 e. The Balaban J connectivity index is 1.73. The molecule has 0 saturated carbocycles. The van der Waals surface area contributed by atoms with Crippen molar-refractivity contribution in [3.8, 4) is 0 Å². The molecule has 2 heterocycles. The monoisotopic (exact) mass is 252 g/mol. The molecule has 0 aliphatic carbocycles. The molecule has 2 N–H and O–H groups in total. The molecular weight excluding hydrogens is 236 g/mol. The zero-order valence-electron chi connectivity index (χ0n) is 10.7. The number of imidazole rings is 1. The van der Waals surface area contributed by atoms with E-state index in [1.165, 1.54) is 5.56 Å². The van der Waals surface area contributed by atoms with Gasteiger partial charge in [0.05, 0.1) is 11.7 Å². The molecule has 3 rings (SSSR count). The Labute approximate surface area is 111 Å². The first kappa shape index (κ1) is 11.7. The largest absolute Gasteiger partial charge is 0.369 e. The minimum atomic E-state index is 0.566. The van der Waals surface area contributed by atoms with Gasteiger partial charge in [0.15, 0.2) is 0 Å². The number of benzene rings is 1. The van der Waals surface area contributed by atoms with E-state index in [9.17, 15) is 0 Å². The van der Waals surface area contributed by atoms with Crippen molar-refractivity contribution < 1.29 is 0 Å². The summed E-state index contributed by atoms with van der Waals surface area (Å²) in [6.45, 7) is 0.876. The molecule has 0 fully saturated rings. The van der Waals surface area contributed by atoms with Gasteiger partial charge >= 0.3 is 0 Å². The maximum atomic E-state index is 5.96. The summed E-state index contributed by atoms with van der Waals surface area (Å²) in [5, 5.41) is 0. The van der Waals surface area contributed by atoms with Crippen molar-refractivity contribution in [3.63, 3.8) is 0 Å². The lowest BCUT2D eigenvalue weighted by Gasteiger charge is -2.06. The second-order valence-corrected chi connectivity index (χ2v) is 4.58. The van der Waals surface area contributed by atoms with E-state index < -0.39 is 0 Å². The second kappa shape index (κ2) is 5.10. The molecule has 0 aliphatic heterocycles. The van der Waals surface area contributed by atoms with E-state index in [-0.39, 0.29) is 0 Å². The van der Waals surface area contributed by atoms with Crippen LogP contribution in [0.4, 0.5) is 5.95 Å². The zero-order chi connectivity index (χ0) is 13.1. The Morgan fingerprint density at radius 2 is 1.95 bits per heavy atom. The molecule has 0 unspecified atom stereocenters. The first-order valence-electron chi connectivity index (χ1n) is 6.44. The van der Waals surface area contributed by atoms with Crippen molar-refractivity contribution in [2.45, 2.75) is 19.4 Å². The van der Waals surface area contributed by atoms with E-state index in [0.29, 0.717) is 5.95 Å². The molecule has 0 amide bonds. The third kappa shape index (κ3) is 2.42. The number of nitrogens with zero attached hydrogens (tertiary/aromatic N) is 3. The second-order valence-electron chi connectivity index (χ2n) is 4.58. The van der Waals surface area contributed by atoms with Gasteiger partial charge < -0.3 is 10.3 Å². The topological polar surface area (TPSA) is 56.7 Å². The Hall–Kier alpha value is -2.36. The van der Waals surface area contributed by atoms with E-state index in [4.69, 9.17) is 5.73 Å². The summed E-state index contributed by atoms with van der Waals surface area (Å²) >= 11 is 0. The van der Waals surface area contributed by atoms with Crippen LogP contribution in [-0.4, -0.2) is 14.5 Å². The van der Waals surface area contributed by atoms with Crippen LogP contribution in [-0.2, 0) is 13.0 Å². The molecule has 0 saturated heterocycles. The minimum absolute atomic E-state index is 0.566. The van der Waals surface area contributed by atoms with Gasteiger partial charge in [-0.2, -0.15) is 0 Å². The van der Waals surface area contributed by atoms with Gasteiger partial charge in [-0.3, -0.25) is 4.98 Å². The summed E-state index contributed by atoms with van der Waals surface area (Å²) in [6.07, 6.45) is 5.61. The lowest BCUT2D eigenvalue weighted by atomic mass is 10.1. The predicted octanol–water partition coefficient (Wildman–Crippen LogP) is 2.65. The van der Waals surface area contributed by atoms with Crippen molar-refractivity contribution in [3.05, 3.63) is 54.4 Å². The number of aryl methyl sites for hydroxylation is 2. The number of aromatic nitrogens is 3. The Kier molecular flexibility index (Phi) is 3.14. The van der Waals surface area contributed by atoms with Gasteiger partial charge in [-0.05, 0) is 24.5 Å². The standard InChI is InChI=1S/C15H16N4/c16-15-18-13-11-17-9-8-14(13)19(15)10-4-7-12-5-2-1-3-6-12/h1-3,5-6,8-9,11H,4,7,10H2,(H2,16,18). The van der Waals surface area contributed by atoms with Crippen molar-refractivity contribution in [2.75, 3.05) is 5.73 Å². The van der Waals surface area contributed by atoms with Crippen LogP contribution in [0.5, 0.6) is 0 Å². The average Bonchev–Trinajstić information content (AvgIpc) is 2.76. The van der Waals surface area contributed by atoms with E-state index in [1.807, 2.05) is 12.1 Å². The van der Waals surface area contributed by atoms with Crippen molar-refractivity contribution in [1.29, 1.82) is 0 Å². The number of fused-ring (bicyclic) bond motifs is 1. The number of anilines is 1. The lowest BCUT2D eigenvalue weighted by Crippen LogP contribution is -2.04. The summed E-state index contributed by atoms with van der Waals surface area (Å²) in [6, 6.07) is 12.4. The molecule has 0 aliphatic rings. The van der Waals surface area contributed by atoms with Crippen LogP contribution in [0, 0.1) is 0 Å². The molecule has 0 bridgehead atoms. The maximum Gasteiger partial charge on any atom is 0.201 e. The quantitative estimate of drug-likeness (QED) is 0.776. The third-order valence-corrected chi connectivity index (χ3v) is 3.27. The Morgan fingerprint density at radius 1 is 1.11 bits per heavy atom. The molecule has 96 valence electrons. The van der Waals surface area contributed by atoms with Crippen LogP contribution in [0.15, 0.2) is 48.8 Å². The Morgan fingerprint density at radius 3 is 2.79 bits per heavy atom. The van der Waals surface area contributed by atoms with E-state index in [1.54, 1.807) is 12.4 Å². The molecule has 1 aromatic carbocycles. The molecule has 19 heavy (non-hydrogen) atoms. The Bertz CT molecular complexity index is 673. The van der Waals surface area contributed by atoms with Gasteiger partial charge in [0.25, 0.3) is 0 Å². The fourth-order valence-corrected chi connectivity index (χ4v) is 2.32. The van der Waals surface area contributed by atoms with Crippen LogP contribution in [0.25, 0.3) is 11.0 Å². The zero-order valence-corrected chi connectivity index (χ0v) is 10.7. The summed E-state index contributed by atoms with van der Waals surface area (Å²) < 4.78 is 2.06. The van der Waals surface area contributed by atoms with E-state index >= 15 is 0 Å². The summed E-state index contributed by atoms with van der Waals surface area (Å²) in [4.78, 5) is 8.38. The highest BCUT2D eigenvalue weighted by Gasteiger charge is 2.07. The van der Waals surface area contributed by atoms with Gasteiger partial charge in [-0.25, -0.2) is 4.98 Å². The lowest BCUT2D eigenvalue weighted by molar-refractivity contribution is 0.665. The van der Waals surface area contributed by atoms with Crippen LogP contribution in [0.2, 0.25) is 0 Å². The molecule has 0 radical (unpaired) electrons. The first-order chi connectivity index (χ1) is 9.34. The van der Waals surface area contributed by atoms with Gasteiger partial charge in [0, 0.05) is 12.7 Å². The van der Waals surface area contributed by atoms with Crippen molar-refractivity contribution in [1.82, 2.24) is 14.5 Å². The highest BCUT2D eigenvalue weighted by molar-refractivity contribution is 5.76. The molecule has 0 spiro atoms. The van der Waals surface area contributed by atoms with Crippen LogP contribution in [0.1, 0.15) is 12.0 Å². The van der Waals surface area contributed by atoms with E-state index in [2.05, 4.69) is 38.8 Å². The highest BCUT2D eigenvalue weighted by atomic mass is 15.2. The third-order valence-electron chi connectivity index (χ3n) is 3.27. The van der Waals surface area contributed by atoms with Crippen molar-refractivity contribution >= 4 is 17.0 Å². The molecule has 4 heteroatoms. The van der Waals surface area contributed by atoms with Gasteiger partial charge in [0.1, 0.15) is 5.52 Å². The number of pyridine rings is 1. The number of nitrogens with two attached hydrogens (primary N) is 1. The molecule has 0 atom stereocenters. The van der Waals surface area contributed by atoms with Crippen molar-refractivity contribution in [2.24, 2.45) is 0 Å². The SMILES string of the molecule is Nc1nc2cnccc2n1CCCc1ccccc1. The smallest absolute Gasteiger partial charge is 0.201 e. The maximum absolute atomic E-state index is 5.96. The molecule has 2 aromatic heterocycles. The summed E-state index contributed by atoms with van der Waals surface area (Å²) in [5.41, 5.74) is 9.23. The number of rotatable bonds is 4. The van der Waals surface area contributed by atoms with Crippen LogP contribution >= 0.6 is 0 Å². The highest BCUT2D eigenvalue weighted by Crippen LogP contribution is 2.17. The number of hydrogen-bond acceptors (Lipinski definition) is 3. The van der Waals surface area contributed by atoms with E-state index in [0.717, 1.165) is 30.4 Å². The normalized spacial score (nSPS) is 10.9. The molecule has 4 nitrogen and oxygen atoms in total. The summed E-state index contributed by atoms with van der Waals surface area (Å²) in [5.74, 6) is 0.566. The molecule has 3 aromatic rings. The van der Waals surface area contributed by atoms with Crippen LogP contribution < -0.4 is 5.73 Å².